The fourth-order valence-corrected chi connectivity index (χ4v) is 2.42. The van der Waals surface area contributed by atoms with E-state index in [0.717, 1.165) is 29.8 Å². The summed E-state index contributed by atoms with van der Waals surface area (Å²) in [6.07, 6.45) is 6.48. The first-order valence-electron chi connectivity index (χ1n) is 7.74. The quantitative estimate of drug-likeness (QED) is 0.566. The Morgan fingerprint density at radius 3 is 2.62 bits per heavy atom. The van der Waals surface area contributed by atoms with Crippen LogP contribution in [0.15, 0.2) is 24.3 Å². The molecule has 0 radical (unpaired) electrons. The molecule has 0 bridgehead atoms. The molecule has 0 unspecified atom stereocenters. The summed E-state index contributed by atoms with van der Waals surface area (Å²) in [5, 5.41) is 8.86. The summed E-state index contributed by atoms with van der Waals surface area (Å²) >= 11 is 0. The topological polar surface area (TPSA) is 40.5 Å². The minimum Gasteiger partial charge on any atom is -0.478 e. The predicted octanol–water partition coefficient (Wildman–Crippen LogP) is 4.50. The van der Waals surface area contributed by atoms with E-state index in [9.17, 15) is 4.79 Å². The molecule has 1 aromatic carbocycles. The van der Waals surface area contributed by atoms with Gasteiger partial charge in [-0.25, -0.2) is 4.79 Å². The van der Waals surface area contributed by atoms with Gasteiger partial charge in [-0.2, -0.15) is 0 Å². The zero-order chi connectivity index (χ0) is 15.8. The molecule has 0 amide bonds. The first-order valence-corrected chi connectivity index (χ1v) is 7.74. The van der Waals surface area contributed by atoms with E-state index in [4.69, 9.17) is 5.11 Å². The molecule has 1 aromatic rings. The molecular formula is C18H27NO2. The van der Waals surface area contributed by atoms with Crippen LogP contribution in [-0.2, 0) is 4.79 Å². The van der Waals surface area contributed by atoms with E-state index in [-0.39, 0.29) is 0 Å². The van der Waals surface area contributed by atoms with Gasteiger partial charge in [-0.05, 0) is 51.0 Å². The summed E-state index contributed by atoms with van der Waals surface area (Å²) in [5.74, 6) is -0.912. The van der Waals surface area contributed by atoms with Gasteiger partial charge in [0.15, 0.2) is 0 Å². The Hall–Kier alpha value is -1.77. The van der Waals surface area contributed by atoms with E-state index in [2.05, 4.69) is 37.8 Å². The summed E-state index contributed by atoms with van der Waals surface area (Å²) in [5.41, 5.74) is 3.23. The van der Waals surface area contributed by atoms with E-state index >= 15 is 0 Å². The number of aryl methyl sites for hydroxylation is 1. The van der Waals surface area contributed by atoms with E-state index in [1.807, 2.05) is 13.0 Å². The summed E-state index contributed by atoms with van der Waals surface area (Å²) in [6, 6.07) is 6.62. The third-order valence-corrected chi connectivity index (χ3v) is 3.52. The molecule has 0 aliphatic heterocycles. The second kappa shape index (κ2) is 8.50. The van der Waals surface area contributed by atoms with Gasteiger partial charge < -0.3 is 10.0 Å². The smallest absolute Gasteiger partial charge is 0.328 e. The van der Waals surface area contributed by atoms with Crippen molar-refractivity contribution >= 4 is 17.7 Å². The maximum Gasteiger partial charge on any atom is 0.328 e. The first-order chi connectivity index (χ1) is 9.95. The van der Waals surface area contributed by atoms with Gasteiger partial charge in [0.2, 0.25) is 0 Å². The molecule has 0 aliphatic rings. The minimum absolute atomic E-state index is 0.390. The minimum atomic E-state index is -0.912. The Balaban J connectivity index is 3.08. The van der Waals surface area contributed by atoms with Crippen molar-refractivity contribution in [1.29, 1.82) is 0 Å². The van der Waals surface area contributed by atoms with Crippen LogP contribution in [-0.4, -0.2) is 23.7 Å². The number of nitrogens with zero attached hydrogens (tertiary/aromatic N) is 1. The number of rotatable bonds is 8. The highest BCUT2D eigenvalue weighted by Crippen LogP contribution is 2.26. The van der Waals surface area contributed by atoms with Gasteiger partial charge in [0.05, 0.1) is 0 Å². The Morgan fingerprint density at radius 2 is 2.05 bits per heavy atom. The van der Waals surface area contributed by atoms with Crippen LogP contribution in [0.25, 0.3) is 6.08 Å². The summed E-state index contributed by atoms with van der Waals surface area (Å²) in [7, 11) is 0. The lowest BCUT2D eigenvalue weighted by Crippen LogP contribution is -2.32. The summed E-state index contributed by atoms with van der Waals surface area (Å²) in [6.45, 7) is 9.58. The van der Waals surface area contributed by atoms with Crippen LogP contribution in [0.2, 0.25) is 0 Å². The molecule has 3 heteroatoms. The Labute approximate surface area is 128 Å². The van der Waals surface area contributed by atoms with Gasteiger partial charge in [0, 0.05) is 24.4 Å². The molecule has 0 heterocycles. The third kappa shape index (κ3) is 5.62. The predicted molar refractivity (Wildman–Crippen MR) is 89.9 cm³/mol. The average Bonchev–Trinajstić information content (AvgIpc) is 2.42. The largest absolute Gasteiger partial charge is 0.478 e. The zero-order valence-corrected chi connectivity index (χ0v) is 13.6. The normalized spacial score (nSPS) is 11.3. The molecule has 0 aromatic heterocycles. The molecule has 0 saturated heterocycles. The van der Waals surface area contributed by atoms with Crippen LogP contribution in [0.1, 0.15) is 51.2 Å². The molecular weight excluding hydrogens is 262 g/mol. The molecule has 0 spiro atoms. The van der Waals surface area contributed by atoms with Crippen LogP contribution in [0.3, 0.4) is 0 Å². The van der Waals surface area contributed by atoms with Crippen molar-refractivity contribution in [1.82, 2.24) is 0 Å². The highest BCUT2D eigenvalue weighted by molar-refractivity contribution is 5.87. The van der Waals surface area contributed by atoms with Crippen molar-refractivity contribution < 1.29 is 9.90 Å². The van der Waals surface area contributed by atoms with Crippen LogP contribution >= 0.6 is 0 Å². The molecule has 116 valence electrons. The molecule has 0 saturated carbocycles. The van der Waals surface area contributed by atoms with Crippen LogP contribution < -0.4 is 4.90 Å². The fourth-order valence-electron chi connectivity index (χ4n) is 2.42. The standard InChI is InChI=1S/C18H27NO2/c1-5-6-7-12-19(14(2)3)17-10-8-15(4)13-16(17)9-11-18(20)21/h8-11,13-14H,5-7,12H2,1-4H3,(H,20,21)/b11-9+. The lowest BCUT2D eigenvalue weighted by atomic mass is 10.1. The lowest BCUT2D eigenvalue weighted by Gasteiger charge is -2.31. The molecule has 1 N–H and O–H groups in total. The van der Waals surface area contributed by atoms with Gasteiger partial charge >= 0.3 is 5.97 Å². The number of hydrogen-bond donors (Lipinski definition) is 1. The van der Waals surface area contributed by atoms with E-state index < -0.39 is 5.97 Å². The SMILES string of the molecule is CCCCCN(c1ccc(C)cc1/C=C/C(=O)O)C(C)C. The highest BCUT2D eigenvalue weighted by Gasteiger charge is 2.13. The van der Waals surface area contributed by atoms with Crippen molar-refractivity contribution in [3.63, 3.8) is 0 Å². The number of carbonyl (C=O) groups is 1. The number of benzene rings is 1. The summed E-state index contributed by atoms with van der Waals surface area (Å²) < 4.78 is 0. The highest BCUT2D eigenvalue weighted by atomic mass is 16.4. The Bertz CT molecular complexity index is 492. The molecule has 0 atom stereocenters. The molecule has 3 nitrogen and oxygen atoms in total. The van der Waals surface area contributed by atoms with Crippen molar-refractivity contribution in [3.8, 4) is 0 Å². The lowest BCUT2D eigenvalue weighted by molar-refractivity contribution is -0.131. The molecule has 21 heavy (non-hydrogen) atoms. The van der Waals surface area contributed by atoms with Crippen molar-refractivity contribution in [3.05, 3.63) is 35.4 Å². The van der Waals surface area contributed by atoms with Gasteiger partial charge in [0.25, 0.3) is 0 Å². The van der Waals surface area contributed by atoms with Gasteiger partial charge in [-0.15, -0.1) is 0 Å². The third-order valence-electron chi connectivity index (χ3n) is 3.52. The average molecular weight is 289 g/mol. The van der Waals surface area contributed by atoms with Gasteiger partial charge in [0.1, 0.15) is 0 Å². The second-order valence-electron chi connectivity index (χ2n) is 5.73. The van der Waals surface area contributed by atoms with Crippen LogP contribution in [0.5, 0.6) is 0 Å². The molecule has 0 aliphatic carbocycles. The number of anilines is 1. The number of carboxylic acids is 1. The Kier molecular flexibility index (Phi) is 7.00. The fraction of sp³-hybridized carbons (Fsp3) is 0.500. The number of aliphatic carboxylic acids is 1. The number of unbranched alkanes of at least 4 members (excludes halogenated alkanes) is 2. The van der Waals surface area contributed by atoms with Crippen molar-refractivity contribution in [2.75, 3.05) is 11.4 Å². The monoisotopic (exact) mass is 289 g/mol. The van der Waals surface area contributed by atoms with E-state index in [1.165, 1.54) is 18.9 Å². The summed E-state index contributed by atoms with van der Waals surface area (Å²) in [4.78, 5) is 13.1. The van der Waals surface area contributed by atoms with Gasteiger partial charge in [-0.1, -0.05) is 31.4 Å². The Morgan fingerprint density at radius 1 is 1.33 bits per heavy atom. The molecule has 0 fully saturated rings. The van der Waals surface area contributed by atoms with E-state index in [0.29, 0.717) is 6.04 Å². The first kappa shape index (κ1) is 17.3. The van der Waals surface area contributed by atoms with E-state index in [1.54, 1.807) is 6.08 Å². The van der Waals surface area contributed by atoms with Crippen molar-refractivity contribution in [2.24, 2.45) is 0 Å². The van der Waals surface area contributed by atoms with Crippen LogP contribution in [0.4, 0.5) is 5.69 Å². The number of hydrogen-bond acceptors (Lipinski definition) is 2. The van der Waals surface area contributed by atoms with Crippen molar-refractivity contribution in [2.45, 2.75) is 53.0 Å². The number of carboxylic acid groups (broad SMARTS) is 1. The van der Waals surface area contributed by atoms with Gasteiger partial charge in [-0.3, -0.25) is 0 Å². The molecule has 1 rings (SSSR count). The zero-order valence-electron chi connectivity index (χ0n) is 13.6. The maximum absolute atomic E-state index is 10.8. The van der Waals surface area contributed by atoms with Crippen LogP contribution in [0, 0.1) is 6.92 Å². The second-order valence-corrected chi connectivity index (χ2v) is 5.73. The maximum atomic E-state index is 10.8.